The molecular formula is C21H20N2O3. The van der Waals surface area contributed by atoms with E-state index in [1.165, 1.54) is 0 Å². The summed E-state index contributed by atoms with van der Waals surface area (Å²) in [5, 5.41) is 4.42. The highest BCUT2D eigenvalue weighted by Gasteiger charge is 2.20. The normalized spacial score (nSPS) is 11.8. The summed E-state index contributed by atoms with van der Waals surface area (Å²) in [5.74, 6) is -0.665. The Morgan fingerprint density at radius 2 is 1.69 bits per heavy atom. The molecule has 0 saturated heterocycles. The number of fused-ring (bicyclic) bond motifs is 1. The van der Waals surface area contributed by atoms with Crippen molar-refractivity contribution in [1.82, 2.24) is 5.32 Å². The highest BCUT2D eigenvalue weighted by molar-refractivity contribution is 6.05. The lowest BCUT2D eigenvalue weighted by molar-refractivity contribution is -0.135. The summed E-state index contributed by atoms with van der Waals surface area (Å²) in [6, 6.07) is 19.7. The summed E-state index contributed by atoms with van der Waals surface area (Å²) in [6.07, 6.45) is 0. The Hall–Kier alpha value is -3.18. The number of nitrogens with two attached hydrogens (primary N) is 1. The summed E-state index contributed by atoms with van der Waals surface area (Å²) in [6.45, 7) is 1.93. The third kappa shape index (κ3) is 3.90. The van der Waals surface area contributed by atoms with Gasteiger partial charge in [0.1, 0.15) is 6.04 Å². The van der Waals surface area contributed by atoms with E-state index in [-0.39, 0.29) is 11.7 Å². The van der Waals surface area contributed by atoms with Crippen LogP contribution < -0.4 is 15.8 Å². The summed E-state index contributed by atoms with van der Waals surface area (Å²) in [4.78, 5) is 24.7. The molecule has 3 N–H and O–H groups in total. The molecule has 26 heavy (non-hydrogen) atoms. The largest absolute Gasteiger partial charge is 0.424 e. The minimum absolute atomic E-state index is 0.232. The van der Waals surface area contributed by atoms with E-state index in [1.807, 2.05) is 60.7 Å². The molecule has 0 radical (unpaired) electrons. The number of benzene rings is 3. The Labute approximate surface area is 151 Å². The number of hydrogen-bond acceptors (Lipinski definition) is 4. The van der Waals surface area contributed by atoms with Crippen molar-refractivity contribution >= 4 is 22.6 Å². The van der Waals surface area contributed by atoms with Crippen LogP contribution in [0.3, 0.4) is 0 Å². The lowest BCUT2D eigenvalue weighted by Gasteiger charge is -2.14. The fraction of sp³-hybridized carbons (Fsp3) is 0.143. The molecule has 132 valence electrons. The maximum Gasteiger partial charge on any atom is 0.328 e. The fourth-order valence-corrected chi connectivity index (χ4v) is 2.60. The summed E-state index contributed by atoms with van der Waals surface area (Å²) in [7, 11) is 0. The van der Waals surface area contributed by atoms with E-state index < -0.39 is 12.0 Å². The van der Waals surface area contributed by atoms with Gasteiger partial charge in [0.15, 0.2) is 5.75 Å². The van der Waals surface area contributed by atoms with Gasteiger partial charge in [0.25, 0.3) is 5.91 Å². The van der Waals surface area contributed by atoms with Gasteiger partial charge >= 0.3 is 5.97 Å². The van der Waals surface area contributed by atoms with Gasteiger partial charge < -0.3 is 15.8 Å². The zero-order valence-corrected chi connectivity index (χ0v) is 14.4. The van der Waals surface area contributed by atoms with Crippen molar-refractivity contribution in [2.24, 2.45) is 5.73 Å². The maximum absolute atomic E-state index is 12.7. The van der Waals surface area contributed by atoms with Crippen molar-refractivity contribution < 1.29 is 14.3 Å². The average molecular weight is 348 g/mol. The summed E-state index contributed by atoms with van der Waals surface area (Å²) in [5.41, 5.74) is 6.90. The molecule has 0 unspecified atom stereocenters. The van der Waals surface area contributed by atoms with Gasteiger partial charge in [-0.25, -0.2) is 4.79 Å². The molecule has 0 bridgehead atoms. The molecule has 5 nitrogen and oxygen atoms in total. The predicted molar refractivity (Wildman–Crippen MR) is 101 cm³/mol. The van der Waals surface area contributed by atoms with Crippen LogP contribution in [0.5, 0.6) is 5.75 Å². The number of amides is 1. The molecule has 0 fully saturated rings. The number of hydrogen-bond donors (Lipinski definition) is 2. The molecule has 1 atom stereocenters. The van der Waals surface area contributed by atoms with Crippen LogP contribution in [0.4, 0.5) is 0 Å². The highest BCUT2D eigenvalue weighted by Crippen LogP contribution is 2.30. The van der Waals surface area contributed by atoms with Crippen LogP contribution in [-0.2, 0) is 11.3 Å². The van der Waals surface area contributed by atoms with Gasteiger partial charge in [0.2, 0.25) is 0 Å². The van der Waals surface area contributed by atoms with Crippen molar-refractivity contribution in [1.29, 1.82) is 0 Å². The van der Waals surface area contributed by atoms with E-state index in [4.69, 9.17) is 10.5 Å². The van der Waals surface area contributed by atoms with Crippen molar-refractivity contribution in [3.63, 3.8) is 0 Å². The SMILES string of the molecule is C[C@H](N)C(=O)Oc1c(C(=O)NCc2ccccc2)ccc2ccccc12. The maximum atomic E-state index is 12.7. The van der Waals surface area contributed by atoms with Crippen molar-refractivity contribution in [2.75, 3.05) is 0 Å². The third-order valence-corrected chi connectivity index (χ3v) is 3.99. The molecule has 0 aromatic heterocycles. The third-order valence-electron chi connectivity index (χ3n) is 3.99. The molecule has 0 heterocycles. The Kier molecular flexibility index (Phi) is 5.29. The van der Waals surface area contributed by atoms with Crippen molar-refractivity contribution in [3.05, 3.63) is 77.9 Å². The number of ether oxygens (including phenoxy) is 1. The zero-order chi connectivity index (χ0) is 18.5. The van der Waals surface area contributed by atoms with E-state index in [1.54, 1.807) is 13.0 Å². The Balaban J connectivity index is 1.93. The minimum atomic E-state index is -0.783. The Morgan fingerprint density at radius 3 is 2.42 bits per heavy atom. The van der Waals surface area contributed by atoms with Gasteiger partial charge in [0, 0.05) is 11.9 Å². The van der Waals surface area contributed by atoms with Crippen LogP contribution in [0.25, 0.3) is 10.8 Å². The molecule has 0 aliphatic rings. The molecule has 3 aromatic rings. The van der Waals surface area contributed by atoms with Crippen molar-refractivity contribution in [3.8, 4) is 5.75 Å². The molecule has 0 saturated carbocycles. The van der Waals surface area contributed by atoms with Crippen LogP contribution in [0.15, 0.2) is 66.7 Å². The first kappa shape index (κ1) is 17.6. The molecule has 0 spiro atoms. The van der Waals surface area contributed by atoms with E-state index in [9.17, 15) is 9.59 Å². The van der Waals surface area contributed by atoms with Crippen LogP contribution in [0, 0.1) is 0 Å². The van der Waals surface area contributed by atoms with Gasteiger partial charge in [-0.1, -0.05) is 60.7 Å². The fourth-order valence-electron chi connectivity index (χ4n) is 2.60. The minimum Gasteiger partial charge on any atom is -0.424 e. The second-order valence-electron chi connectivity index (χ2n) is 6.04. The molecular weight excluding hydrogens is 328 g/mol. The van der Waals surface area contributed by atoms with Crippen LogP contribution >= 0.6 is 0 Å². The topological polar surface area (TPSA) is 81.4 Å². The van der Waals surface area contributed by atoms with Gasteiger partial charge in [-0.05, 0) is 23.9 Å². The lowest BCUT2D eigenvalue weighted by Crippen LogP contribution is -2.32. The smallest absolute Gasteiger partial charge is 0.328 e. The second-order valence-corrected chi connectivity index (χ2v) is 6.04. The highest BCUT2D eigenvalue weighted by atomic mass is 16.5. The quantitative estimate of drug-likeness (QED) is 0.548. The molecule has 0 aliphatic carbocycles. The Morgan fingerprint density at radius 1 is 1.00 bits per heavy atom. The first-order valence-electron chi connectivity index (χ1n) is 8.37. The molecule has 3 rings (SSSR count). The van der Waals surface area contributed by atoms with Gasteiger partial charge in [0.05, 0.1) is 5.56 Å². The van der Waals surface area contributed by atoms with Gasteiger partial charge in [-0.2, -0.15) is 0 Å². The number of esters is 1. The molecule has 3 aromatic carbocycles. The van der Waals surface area contributed by atoms with Crippen LogP contribution in [0.2, 0.25) is 0 Å². The van der Waals surface area contributed by atoms with Gasteiger partial charge in [-0.15, -0.1) is 0 Å². The number of nitrogens with one attached hydrogen (secondary N) is 1. The number of carbonyl (C=O) groups is 2. The zero-order valence-electron chi connectivity index (χ0n) is 14.4. The van der Waals surface area contributed by atoms with E-state index in [2.05, 4.69) is 5.32 Å². The first-order chi connectivity index (χ1) is 12.6. The molecule has 0 aliphatic heterocycles. The summed E-state index contributed by atoms with van der Waals surface area (Å²) >= 11 is 0. The average Bonchev–Trinajstić information content (AvgIpc) is 2.67. The number of carbonyl (C=O) groups excluding carboxylic acids is 2. The van der Waals surface area contributed by atoms with Crippen LogP contribution in [-0.4, -0.2) is 17.9 Å². The number of rotatable bonds is 5. The first-order valence-corrected chi connectivity index (χ1v) is 8.37. The van der Waals surface area contributed by atoms with Crippen LogP contribution in [0.1, 0.15) is 22.8 Å². The van der Waals surface area contributed by atoms with E-state index >= 15 is 0 Å². The van der Waals surface area contributed by atoms with E-state index in [0.29, 0.717) is 17.5 Å². The molecule has 1 amide bonds. The predicted octanol–water partition coefficient (Wildman–Crippen LogP) is 3.02. The lowest BCUT2D eigenvalue weighted by atomic mass is 10.0. The van der Waals surface area contributed by atoms with Gasteiger partial charge in [-0.3, -0.25) is 4.79 Å². The van der Waals surface area contributed by atoms with E-state index in [0.717, 1.165) is 10.9 Å². The Bertz CT molecular complexity index is 936. The standard InChI is InChI=1S/C21H20N2O3/c1-14(22)21(25)26-19-17-10-6-5-9-16(17)11-12-18(19)20(24)23-13-15-7-3-2-4-8-15/h2-12,14H,13,22H2,1H3,(H,23,24)/t14-/m0/s1. The second kappa shape index (κ2) is 7.80. The monoisotopic (exact) mass is 348 g/mol. The van der Waals surface area contributed by atoms with Crippen molar-refractivity contribution in [2.45, 2.75) is 19.5 Å². The molecule has 5 heteroatoms. The summed E-state index contributed by atoms with van der Waals surface area (Å²) < 4.78 is 5.47.